The van der Waals surface area contributed by atoms with E-state index in [0.29, 0.717) is 5.41 Å². The van der Waals surface area contributed by atoms with Gasteiger partial charge in [-0.05, 0) is 62.4 Å². The molecule has 0 radical (unpaired) electrons. The minimum Gasteiger partial charge on any atom is -0.371 e. The lowest BCUT2D eigenvalue weighted by atomic mass is 9.78. The predicted octanol–water partition coefficient (Wildman–Crippen LogP) is 4.43. The first-order valence-electron chi connectivity index (χ1n) is 8.12. The van der Waals surface area contributed by atoms with Crippen molar-refractivity contribution in [3.05, 3.63) is 29.1 Å². The van der Waals surface area contributed by atoms with Gasteiger partial charge in [0.25, 0.3) is 0 Å². The third-order valence-corrected chi connectivity index (χ3v) is 5.37. The number of hydrogen-bond acceptors (Lipinski definition) is 2. The van der Waals surface area contributed by atoms with Crippen LogP contribution in [0.3, 0.4) is 0 Å². The van der Waals surface area contributed by atoms with E-state index in [1.165, 1.54) is 24.9 Å². The number of aryl methyl sites for hydroxylation is 1. The van der Waals surface area contributed by atoms with E-state index in [-0.39, 0.29) is 11.9 Å². The monoisotopic (exact) mass is 292 g/mol. The number of anilines is 1. The van der Waals surface area contributed by atoms with E-state index in [1.807, 2.05) is 20.0 Å². The topological polar surface area (TPSA) is 15.3 Å². The van der Waals surface area contributed by atoms with E-state index in [0.717, 1.165) is 24.2 Å². The molecule has 1 atom stereocenters. The Kier molecular flexibility index (Phi) is 4.92. The van der Waals surface area contributed by atoms with Gasteiger partial charge in [0.15, 0.2) is 0 Å². The van der Waals surface area contributed by atoms with Crippen molar-refractivity contribution in [3.8, 4) is 0 Å². The lowest BCUT2D eigenvalue weighted by Gasteiger charge is -2.41. The second-order valence-electron chi connectivity index (χ2n) is 6.82. The van der Waals surface area contributed by atoms with Gasteiger partial charge in [-0.15, -0.1) is 0 Å². The van der Waals surface area contributed by atoms with Crippen LogP contribution in [-0.4, -0.2) is 20.1 Å². The van der Waals surface area contributed by atoms with Crippen LogP contribution in [0.15, 0.2) is 12.1 Å². The summed E-state index contributed by atoms with van der Waals surface area (Å²) in [5, 5.41) is 3.24. The van der Waals surface area contributed by atoms with Crippen LogP contribution in [-0.2, 0) is 0 Å². The molecule has 1 heterocycles. The Balaban J connectivity index is 2.29. The highest BCUT2D eigenvalue weighted by Gasteiger charge is 2.29. The van der Waals surface area contributed by atoms with Gasteiger partial charge in [-0.2, -0.15) is 0 Å². The summed E-state index contributed by atoms with van der Waals surface area (Å²) in [6.45, 7) is 10.8. The molecule has 1 unspecified atom stereocenters. The quantitative estimate of drug-likeness (QED) is 0.883. The van der Waals surface area contributed by atoms with E-state index in [1.54, 1.807) is 6.07 Å². The van der Waals surface area contributed by atoms with E-state index >= 15 is 0 Å². The van der Waals surface area contributed by atoms with E-state index < -0.39 is 0 Å². The normalized spacial score (nSPS) is 19.6. The average Bonchev–Trinajstić information content (AvgIpc) is 2.49. The number of benzene rings is 1. The molecule has 0 aromatic heterocycles. The zero-order chi connectivity index (χ0) is 15.6. The summed E-state index contributed by atoms with van der Waals surface area (Å²) in [6, 6.07) is 3.89. The Morgan fingerprint density at radius 2 is 1.95 bits per heavy atom. The van der Waals surface area contributed by atoms with Gasteiger partial charge in [-0.25, -0.2) is 4.39 Å². The van der Waals surface area contributed by atoms with Gasteiger partial charge in [0.05, 0.1) is 0 Å². The molecule has 0 aliphatic carbocycles. The van der Waals surface area contributed by atoms with Gasteiger partial charge in [0, 0.05) is 24.8 Å². The third-order valence-electron chi connectivity index (χ3n) is 5.37. The lowest BCUT2D eigenvalue weighted by molar-refractivity contribution is 0.238. The highest BCUT2D eigenvalue weighted by Crippen LogP contribution is 2.38. The standard InChI is InChI=1S/C18H29FN2/c1-6-18(4)7-9-21(10-8-18)17-11-13(2)16(19)12-15(17)14(3)20-5/h11-12,14,20H,6-10H2,1-5H3. The van der Waals surface area contributed by atoms with Gasteiger partial charge in [-0.3, -0.25) is 0 Å². The number of nitrogens with zero attached hydrogens (tertiary/aromatic N) is 1. The minimum absolute atomic E-state index is 0.105. The van der Waals surface area contributed by atoms with Crippen LogP contribution in [0.25, 0.3) is 0 Å². The summed E-state index contributed by atoms with van der Waals surface area (Å²) in [6.07, 6.45) is 3.67. The molecule has 2 nitrogen and oxygen atoms in total. The maximum Gasteiger partial charge on any atom is 0.126 e. The minimum atomic E-state index is -0.105. The first kappa shape index (κ1) is 16.3. The number of hydrogen-bond donors (Lipinski definition) is 1. The maximum absolute atomic E-state index is 14.0. The predicted molar refractivity (Wildman–Crippen MR) is 88.5 cm³/mol. The largest absolute Gasteiger partial charge is 0.371 e. The Morgan fingerprint density at radius 1 is 1.33 bits per heavy atom. The second-order valence-corrected chi connectivity index (χ2v) is 6.82. The molecule has 1 aliphatic heterocycles. The second kappa shape index (κ2) is 6.35. The highest BCUT2D eigenvalue weighted by molar-refractivity contribution is 5.57. The summed E-state index contributed by atoms with van der Waals surface area (Å²) in [7, 11) is 1.93. The molecule has 1 saturated heterocycles. The van der Waals surface area contributed by atoms with E-state index in [9.17, 15) is 4.39 Å². The van der Waals surface area contributed by atoms with Crippen LogP contribution in [0.4, 0.5) is 10.1 Å². The summed E-state index contributed by atoms with van der Waals surface area (Å²) in [5.74, 6) is -0.105. The van der Waals surface area contributed by atoms with Crippen molar-refractivity contribution < 1.29 is 4.39 Å². The molecule has 1 aliphatic rings. The summed E-state index contributed by atoms with van der Waals surface area (Å²) in [5.41, 5.74) is 3.48. The Bertz CT molecular complexity index is 490. The van der Waals surface area contributed by atoms with Crippen LogP contribution < -0.4 is 10.2 Å². The SMILES string of the molecule is CCC1(C)CCN(c2cc(C)c(F)cc2C(C)NC)CC1. The molecule has 118 valence electrons. The smallest absolute Gasteiger partial charge is 0.126 e. The fourth-order valence-electron chi connectivity index (χ4n) is 3.10. The summed E-state index contributed by atoms with van der Waals surface area (Å²) in [4.78, 5) is 2.44. The summed E-state index contributed by atoms with van der Waals surface area (Å²) < 4.78 is 14.0. The molecule has 1 aromatic rings. The fourth-order valence-corrected chi connectivity index (χ4v) is 3.10. The van der Waals surface area contributed by atoms with Crippen molar-refractivity contribution in [2.75, 3.05) is 25.0 Å². The zero-order valence-electron chi connectivity index (χ0n) is 14.1. The summed E-state index contributed by atoms with van der Waals surface area (Å²) >= 11 is 0. The van der Waals surface area contributed by atoms with Gasteiger partial charge in [0.2, 0.25) is 0 Å². The third kappa shape index (κ3) is 3.39. The highest BCUT2D eigenvalue weighted by atomic mass is 19.1. The average molecular weight is 292 g/mol. The van der Waals surface area contributed by atoms with Crippen LogP contribution in [0.5, 0.6) is 0 Å². The fraction of sp³-hybridized carbons (Fsp3) is 0.667. The molecule has 2 rings (SSSR count). The van der Waals surface area contributed by atoms with Crippen LogP contribution in [0.1, 0.15) is 57.2 Å². The van der Waals surface area contributed by atoms with Gasteiger partial charge in [-0.1, -0.05) is 20.3 Å². The van der Waals surface area contributed by atoms with Crippen molar-refractivity contribution in [1.29, 1.82) is 0 Å². The number of halogens is 1. The molecular weight excluding hydrogens is 263 g/mol. The Morgan fingerprint density at radius 3 is 2.48 bits per heavy atom. The first-order valence-corrected chi connectivity index (χ1v) is 8.12. The zero-order valence-corrected chi connectivity index (χ0v) is 14.1. The lowest BCUT2D eigenvalue weighted by Crippen LogP contribution is -2.39. The van der Waals surface area contributed by atoms with Crippen molar-refractivity contribution in [1.82, 2.24) is 5.32 Å². The molecule has 0 spiro atoms. The first-order chi connectivity index (χ1) is 9.90. The number of piperidine rings is 1. The van der Waals surface area contributed by atoms with Crippen LogP contribution in [0, 0.1) is 18.2 Å². The van der Waals surface area contributed by atoms with Gasteiger partial charge in [0.1, 0.15) is 5.82 Å². The Labute approximate surface area is 128 Å². The maximum atomic E-state index is 14.0. The van der Waals surface area contributed by atoms with Crippen LogP contribution in [0.2, 0.25) is 0 Å². The van der Waals surface area contributed by atoms with Crippen molar-refractivity contribution in [3.63, 3.8) is 0 Å². The molecule has 1 aromatic carbocycles. The number of rotatable bonds is 4. The molecule has 0 saturated carbocycles. The molecule has 0 bridgehead atoms. The molecular formula is C18H29FN2. The Hall–Kier alpha value is -1.09. The molecule has 21 heavy (non-hydrogen) atoms. The van der Waals surface area contributed by atoms with Crippen molar-refractivity contribution in [2.24, 2.45) is 5.41 Å². The van der Waals surface area contributed by atoms with E-state index in [2.05, 4.69) is 31.0 Å². The molecule has 1 N–H and O–H groups in total. The van der Waals surface area contributed by atoms with Crippen molar-refractivity contribution in [2.45, 2.75) is 53.0 Å². The molecule has 0 amide bonds. The van der Waals surface area contributed by atoms with Gasteiger partial charge >= 0.3 is 0 Å². The van der Waals surface area contributed by atoms with E-state index in [4.69, 9.17) is 0 Å². The molecule has 1 fully saturated rings. The van der Waals surface area contributed by atoms with Crippen molar-refractivity contribution >= 4 is 5.69 Å². The van der Waals surface area contributed by atoms with Crippen LogP contribution >= 0.6 is 0 Å². The van der Waals surface area contributed by atoms with Gasteiger partial charge < -0.3 is 10.2 Å². The molecule has 3 heteroatoms. The number of nitrogens with one attached hydrogen (secondary N) is 1.